The molecule has 0 bridgehead atoms. The van der Waals surface area contributed by atoms with E-state index in [0.717, 1.165) is 34.1 Å². The minimum absolute atomic E-state index is 0.129. The van der Waals surface area contributed by atoms with Crippen LogP contribution >= 0.6 is 15.9 Å². The molecule has 1 atom stereocenters. The quantitative estimate of drug-likeness (QED) is 0.459. The summed E-state index contributed by atoms with van der Waals surface area (Å²) < 4.78 is 6.84. The second kappa shape index (κ2) is 8.79. The van der Waals surface area contributed by atoms with Crippen LogP contribution < -0.4 is 5.32 Å². The third-order valence-corrected chi connectivity index (χ3v) is 6.80. The van der Waals surface area contributed by atoms with Crippen molar-refractivity contribution in [1.82, 2.24) is 10.2 Å². The van der Waals surface area contributed by atoms with E-state index in [2.05, 4.69) is 71.2 Å². The number of fused-ring (bicyclic) bond motifs is 1. The van der Waals surface area contributed by atoms with E-state index in [1.54, 1.807) is 0 Å². The molecule has 1 aromatic heterocycles. The summed E-state index contributed by atoms with van der Waals surface area (Å²) in [6.45, 7) is 11.3. The summed E-state index contributed by atoms with van der Waals surface area (Å²) in [6.07, 6.45) is 2.42. The van der Waals surface area contributed by atoms with E-state index in [1.165, 1.54) is 24.0 Å². The van der Waals surface area contributed by atoms with Crippen LogP contribution in [0.2, 0.25) is 0 Å². The number of carbonyl (C=O) groups excluding carboxylic acids is 1. The first-order chi connectivity index (χ1) is 14.7. The van der Waals surface area contributed by atoms with Crippen molar-refractivity contribution in [3.05, 3.63) is 69.4 Å². The number of likely N-dealkylation sites (tertiary alicyclic amines) is 1. The smallest absolute Gasteiger partial charge is 0.287 e. The number of carbonyl (C=O) groups is 1. The van der Waals surface area contributed by atoms with Crippen LogP contribution in [0.1, 0.15) is 66.9 Å². The number of halogens is 1. The summed E-state index contributed by atoms with van der Waals surface area (Å²) >= 11 is 3.47. The zero-order valence-electron chi connectivity index (χ0n) is 18.8. The lowest BCUT2D eigenvalue weighted by atomic mass is 9.86. The monoisotopic (exact) mass is 482 g/mol. The SMILES string of the molecule is Cc1c(C(=O)NCC(c2ccc(C(C)(C)C)cc2)N2CCCC2)oc2cc(Br)ccc12. The van der Waals surface area contributed by atoms with E-state index in [-0.39, 0.29) is 17.4 Å². The van der Waals surface area contributed by atoms with Crippen molar-refractivity contribution in [2.45, 2.75) is 52.0 Å². The Hall–Kier alpha value is -2.11. The molecule has 0 aliphatic carbocycles. The number of rotatable bonds is 5. The van der Waals surface area contributed by atoms with E-state index in [0.29, 0.717) is 12.3 Å². The fourth-order valence-electron chi connectivity index (χ4n) is 4.40. The molecule has 3 aromatic rings. The van der Waals surface area contributed by atoms with E-state index in [1.807, 2.05) is 25.1 Å². The van der Waals surface area contributed by atoms with Crippen molar-refractivity contribution in [3.8, 4) is 0 Å². The van der Waals surface area contributed by atoms with Gasteiger partial charge in [-0.15, -0.1) is 0 Å². The molecule has 0 spiro atoms. The maximum atomic E-state index is 13.0. The Kier molecular flexibility index (Phi) is 6.27. The van der Waals surface area contributed by atoms with Crippen molar-refractivity contribution in [3.63, 3.8) is 0 Å². The highest BCUT2D eigenvalue weighted by molar-refractivity contribution is 9.10. The summed E-state index contributed by atoms with van der Waals surface area (Å²) in [5, 5.41) is 4.12. The number of furan rings is 1. The Balaban J connectivity index is 1.54. The normalized spacial score (nSPS) is 16.0. The van der Waals surface area contributed by atoms with Gasteiger partial charge in [-0.3, -0.25) is 9.69 Å². The topological polar surface area (TPSA) is 45.5 Å². The van der Waals surface area contributed by atoms with Crippen LogP contribution in [0.4, 0.5) is 0 Å². The van der Waals surface area contributed by atoms with Gasteiger partial charge < -0.3 is 9.73 Å². The molecule has 1 saturated heterocycles. The Morgan fingerprint density at radius 3 is 2.45 bits per heavy atom. The fraction of sp³-hybridized carbons (Fsp3) is 0.423. The van der Waals surface area contributed by atoms with E-state index in [9.17, 15) is 4.79 Å². The third-order valence-electron chi connectivity index (χ3n) is 6.31. The lowest BCUT2D eigenvalue weighted by molar-refractivity contribution is 0.0911. The Bertz CT molecular complexity index is 1070. The highest BCUT2D eigenvalue weighted by Gasteiger charge is 2.26. The predicted octanol–water partition coefficient (Wildman–Crippen LogP) is 6.37. The zero-order chi connectivity index (χ0) is 22.2. The highest BCUT2D eigenvalue weighted by Crippen LogP contribution is 2.30. The second-order valence-electron chi connectivity index (χ2n) is 9.54. The van der Waals surface area contributed by atoms with Crippen molar-refractivity contribution < 1.29 is 9.21 Å². The second-order valence-corrected chi connectivity index (χ2v) is 10.5. The van der Waals surface area contributed by atoms with Crippen LogP contribution in [0.5, 0.6) is 0 Å². The first-order valence-corrected chi connectivity index (χ1v) is 11.8. The number of hydrogen-bond donors (Lipinski definition) is 1. The average molecular weight is 483 g/mol. The first kappa shape index (κ1) is 22.1. The molecule has 1 aliphatic rings. The van der Waals surface area contributed by atoms with Gasteiger partial charge in [0.05, 0.1) is 6.04 Å². The predicted molar refractivity (Wildman–Crippen MR) is 130 cm³/mol. The minimum atomic E-state index is -0.152. The number of amides is 1. The molecule has 2 heterocycles. The van der Waals surface area contributed by atoms with Crippen LogP contribution in [-0.4, -0.2) is 30.4 Å². The Morgan fingerprint density at radius 2 is 1.81 bits per heavy atom. The molecule has 5 heteroatoms. The maximum absolute atomic E-state index is 13.0. The summed E-state index contributed by atoms with van der Waals surface area (Å²) in [4.78, 5) is 15.5. The molecule has 1 amide bonds. The van der Waals surface area contributed by atoms with Crippen molar-refractivity contribution in [1.29, 1.82) is 0 Å². The number of hydrogen-bond acceptors (Lipinski definition) is 3. The van der Waals surface area contributed by atoms with Crippen molar-refractivity contribution >= 4 is 32.8 Å². The molecule has 0 radical (unpaired) electrons. The van der Waals surface area contributed by atoms with Crippen LogP contribution in [0, 0.1) is 6.92 Å². The molecule has 0 saturated carbocycles. The van der Waals surface area contributed by atoms with Crippen LogP contribution in [0.15, 0.2) is 51.4 Å². The van der Waals surface area contributed by atoms with Gasteiger partial charge in [0, 0.05) is 22.0 Å². The van der Waals surface area contributed by atoms with Crippen molar-refractivity contribution in [2.75, 3.05) is 19.6 Å². The highest BCUT2D eigenvalue weighted by atomic mass is 79.9. The summed E-state index contributed by atoms with van der Waals surface area (Å²) in [5.74, 6) is 0.247. The van der Waals surface area contributed by atoms with Gasteiger partial charge in [-0.25, -0.2) is 0 Å². The van der Waals surface area contributed by atoms with Crippen LogP contribution in [0.25, 0.3) is 11.0 Å². The van der Waals surface area contributed by atoms with Gasteiger partial charge in [0.2, 0.25) is 0 Å². The van der Waals surface area contributed by atoms with Gasteiger partial charge in [0.15, 0.2) is 5.76 Å². The maximum Gasteiger partial charge on any atom is 0.287 e. The Morgan fingerprint density at radius 1 is 1.13 bits per heavy atom. The Labute approximate surface area is 193 Å². The average Bonchev–Trinajstić information content (AvgIpc) is 3.36. The van der Waals surface area contributed by atoms with Gasteiger partial charge in [0.25, 0.3) is 5.91 Å². The molecule has 1 N–H and O–H groups in total. The zero-order valence-corrected chi connectivity index (χ0v) is 20.4. The lowest BCUT2D eigenvalue weighted by Crippen LogP contribution is -2.37. The largest absolute Gasteiger partial charge is 0.451 e. The fourth-order valence-corrected chi connectivity index (χ4v) is 4.74. The van der Waals surface area contributed by atoms with Gasteiger partial charge in [-0.05, 0) is 67.6 Å². The molecule has 4 rings (SSSR count). The van der Waals surface area contributed by atoms with Crippen molar-refractivity contribution in [2.24, 2.45) is 0 Å². The third kappa shape index (κ3) is 4.73. The summed E-state index contributed by atoms with van der Waals surface area (Å²) in [7, 11) is 0. The van der Waals surface area contributed by atoms with E-state index < -0.39 is 0 Å². The number of benzene rings is 2. The molecule has 1 aliphatic heterocycles. The first-order valence-electron chi connectivity index (χ1n) is 11.1. The summed E-state index contributed by atoms with van der Waals surface area (Å²) in [5.41, 5.74) is 4.31. The van der Waals surface area contributed by atoms with E-state index >= 15 is 0 Å². The van der Waals surface area contributed by atoms with Crippen LogP contribution in [-0.2, 0) is 5.41 Å². The molecule has 2 aromatic carbocycles. The number of nitrogens with zero attached hydrogens (tertiary/aromatic N) is 1. The van der Waals surface area contributed by atoms with Crippen LogP contribution in [0.3, 0.4) is 0 Å². The standard InChI is InChI=1S/C26H31BrN2O2/c1-17-21-12-11-20(27)15-23(21)31-24(17)25(30)28-16-22(29-13-5-6-14-29)18-7-9-19(10-8-18)26(2,3)4/h7-12,15,22H,5-6,13-14,16H2,1-4H3,(H,28,30). The molecule has 31 heavy (non-hydrogen) atoms. The molecule has 1 unspecified atom stereocenters. The molecular formula is C26H31BrN2O2. The number of aryl methyl sites for hydroxylation is 1. The van der Waals surface area contributed by atoms with Gasteiger partial charge >= 0.3 is 0 Å². The van der Waals surface area contributed by atoms with Gasteiger partial charge in [0.1, 0.15) is 5.58 Å². The summed E-state index contributed by atoms with van der Waals surface area (Å²) in [6, 6.07) is 14.9. The van der Waals surface area contributed by atoms with Gasteiger partial charge in [-0.2, -0.15) is 0 Å². The molecule has 4 nitrogen and oxygen atoms in total. The minimum Gasteiger partial charge on any atom is -0.451 e. The lowest BCUT2D eigenvalue weighted by Gasteiger charge is -2.29. The molecule has 164 valence electrons. The van der Waals surface area contributed by atoms with E-state index in [4.69, 9.17) is 4.42 Å². The molecule has 1 fully saturated rings. The molecular weight excluding hydrogens is 452 g/mol. The van der Waals surface area contributed by atoms with Gasteiger partial charge in [-0.1, -0.05) is 61.0 Å². The number of nitrogens with one attached hydrogen (secondary N) is 1.